The van der Waals surface area contributed by atoms with Crippen molar-refractivity contribution in [1.82, 2.24) is 10.6 Å². The van der Waals surface area contributed by atoms with Gasteiger partial charge in [-0.1, -0.05) is 23.4 Å². The lowest BCUT2D eigenvalue weighted by Gasteiger charge is -2.14. The minimum Gasteiger partial charge on any atom is -0.409 e. The van der Waals surface area contributed by atoms with Gasteiger partial charge in [0.1, 0.15) is 0 Å². The quantitative estimate of drug-likeness (QED) is 0.178. The van der Waals surface area contributed by atoms with E-state index in [1.807, 2.05) is 12.1 Å². The summed E-state index contributed by atoms with van der Waals surface area (Å²) in [5, 5.41) is 17.5. The highest BCUT2D eigenvalue weighted by atomic mass is 16.5. The standard InChI is InChI=1S/C14H22N4O3/c1-10(14(19)16-6-7-21-2)17-9-11-4-3-5-12(8-11)13(15)18-20/h3-5,8,10,17,20H,6-7,9H2,1-2H3,(H2,15,18)(H,16,19). The topological polar surface area (TPSA) is 109 Å². The largest absolute Gasteiger partial charge is 0.409 e. The first-order valence-corrected chi connectivity index (χ1v) is 6.65. The van der Waals surface area contributed by atoms with E-state index in [-0.39, 0.29) is 17.8 Å². The highest BCUT2D eigenvalue weighted by Crippen LogP contribution is 2.05. The van der Waals surface area contributed by atoms with Gasteiger partial charge in [0.2, 0.25) is 5.91 Å². The molecule has 1 atom stereocenters. The summed E-state index contributed by atoms with van der Waals surface area (Å²) >= 11 is 0. The number of oxime groups is 1. The van der Waals surface area contributed by atoms with Crippen molar-refractivity contribution in [2.24, 2.45) is 10.9 Å². The summed E-state index contributed by atoms with van der Waals surface area (Å²) in [4.78, 5) is 11.8. The van der Waals surface area contributed by atoms with Crippen LogP contribution in [0.1, 0.15) is 18.1 Å². The van der Waals surface area contributed by atoms with Crippen LogP contribution in [0.15, 0.2) is 29.4 Å². The SMILES string of the molecule is COCCNC(=O)C(C)NCc1cccc(/C(N)=N/O)c1. The number of carbonyl (C=O) groups excluding carboxylic acids is 1. The van der Waals surface area contributed by atoms with E-state index in [0.29, 0.717) is 25.3 Å². The van der Waals surface area contributed by atoms with Crippen molar-refractivity contribution >= 4 is 11.7 Å². The first-order chi connectivity index (χ1) is 10.1. The van der Waals surface area contributed by atoms with Crippen LogP contribution in [-0.4, -0.2) is 43.3 Å². The van der Waals surface area contributed by atoms with E-state index in [4.69, 9.17) is 15.7 Å². The fraction of sp³-hybridized carbons (Fsp3) is 0.429. The molecule has 5 N–H and O–H groups in total. The second-order valence-corrected chi connectivity index (χ2v) is 4.57. The van der Waals surface area contributed by atoms with Crippen LogP contribution >= 0.6 is 0 Å². The average Bonchev–Trinajstić information content (AvgIpc) is 2.52. The number of hydrogen-bond acceptors (Lipinski definition) is 5. The molecular formula is C14H22N4O3. The number of nitrogens with two attached hydrogens (primary N) is 1. The van der Waals surface area contributed by atoms with Gasteiger partial charge in [0.25, 0.3) is 0 Å². The summed E-state index contributed by atoms with van der Waals surface area (Å²) in [5.41, 5.74) is 7.11. The van der Waals surface area contributed by atoms with Gasteiger partial charge in [0.15, 0.2) is 5.84 Å². The van der Waals surface area contributed by atoms with Crippen molar-refractivity contribution in [3.8, 4) is 0 Å². The molecule has 0 aliphatic rings. The molecule has 21 heavy (non-hydrogen) atoms. The van der Waals surface area contributed by atoms with E-state index in [2.05, 4.69) is 15.8 Å². The molecule has 0 bridgehead atoms. The van der Waals surface area contributed by atoms with E-state index in [0.717, 1.165) is 5.56 Å². The zero-order valence-electron chi connectivity index (χ0n) is 12.3. The minimum absolute atomic E-state index is 0.0576. The molecule has 0 aliphatic carbocycles. The summed E-state index contributed by atoms with van der Waals surface area (Å²) < 4.78 is 4.87. The summed E-state index contributed by atoms with van der Waals surface area (Å²) in [5.74, 6) is -0.0261. The third-order valence-electron chi connectivity index (χ3n) is 2.94. The summed E-state index contributed by atoms with van der Waals surface area (Å²) in [6.07, 6.45) is 0. The second kappa shape index (κ2) is 8.93. The predicted octanol–water partition coefficient (Wildman–Crippen LogP) is 0.0218. The lowest BCUT2D eigenvalue weighted by atomic mass is 10.1. The van der Waals surface area contributed by atoms with Crippen LogP contribution in [0.5, 0.6) is 0 Å². The summed E-state index contributed by atoms with van der Waals surface area (Å²) in [7, 11) is 1.59. The zero-order valence-corrected chi connectivity index (χ0v) is 12.3. The third kappa shape index (κ3) is 5.80. The molecule has 1 aromatic carbocycles. The van der Waals surface area contributed by atoms with Gasteiger partial charge in [-0.15, -0.1) is 0 Å². The molecule has 1 aromatic rings. The Balaban J connectivity index is 2.49. The zero-order chi connectivity index (χ0) is 15.7. The fourth-order valence-electron chi connectivity index (χ4n) is 1.69. The molecule has 0 saturated heterocycles. The van der Waals surface area contributed by atoms with Gasteiger partial charge >= 0.3 is 0 Å². The average molecular weight is 294 g/mol. The monoisotopic (exact) mass is 294 g/mol. The minimum atomic E-state index is -0.325. The molecule has 7 heteroatoms. The van der Waals surface area contributed by atoms with Crippen molar-refractivity contribution in [1.29, 1.82) is 0 Å². The molecule has 1 amide bonds. The van der Waals surface area contributed by atoms with Gasteiger partial charge in [0, 0.05) is 25.8 Å². The molecule has 0 aromatic heterocycles. The van der Waals surface area contributed by atoms with Gasteiger partial charge in [-0.25, -0.2) is 0 Å². The molecule has 0 aliphatic heterocycles. The Bertz CT molecular complexity index is 491. The maximum atomic E-state index is 11.8. The van der Waals surface area contributed by atoms with Crippen molar-refractivity contribution in [3.63, 3.8) is 0 Å². The van der Waals surface area contributed by atoms with Crippen molar-refractivity contribution < 1.29 is 14.7 Å². The number of hydrogen-bond donors (Lipinski definition) is 4. The first kappa shape index (κ1) is 16.9. The van der Waals surface area contributed by atoms with Crippen molar-refractivity contribution in [3.05, 3.63) is 35.4 Å². The Hall–Kier alpha value is -2.12. The van der Waals surface area contributed by atoms with Gasteiger partial charge < -0.3 is 26.3 Å². The lowest BCUT2D eigenvalue weighted by molar-refractivity contribution is -0.122. The number of carbonyl (C=O) groups is 1. The second-order valence-electron chi connectivity index (χ2n) is 4.57. The molecule has 0 fully saturated rings. The maximum Gasteiger partial charge on any atom is 0.236 e. The molecule has 0 saturated carbocycles. The predicted molar refractivity (Wildman–Crippen MR) is 80.1 cm³/mol. The number of amidine groups is 1. The number of benzene rings is 1. The molecule has 1 rings (SSSR count). The van der Waals surface area contributed by atoms with E-state index >= 15 is 0 Å². The number of rotatable bonds is 8. The van der Waals surface area contributed by atoms with E-state index in [1.54, 1.807) is 26.2 Å². The number of nitrogens with one attached hydrogen (secondary N) is 2. The summed E-state index contributed by atoms with van der Waals surface area (Å²) in [6.45, 7) is 3.27. The number of ether oxygens (including phenoxy) is 1. The molecule has 0 heterocycles. The Morgan fingerprint density at radius 2 is 2.29 bits per heavy atom. The first-order valence-electron chi connectivity index (χ1n) is 6.65. The highest BCUT2D eigenvalue weighted by Gasteiger charge is 2.11. The molecule has 0 radical (unpaired) electrons. The van der Waals surface area contributed by atoms with Gasteiger partial charge in [-0.2, -0.15) is 0 Å². The molecular weight excluding hydrogens is 272 g/mol. The van der Waals surface area contributed by atoms with Gasteiger partial charge in [-0.05, 0) is 18.6 Å². The number of nitrogens with zero attached hydrogens (tertiary/aromatic N) is 1. The molecule has 7 nitrogen and oxygen atoms in total. The van der Waals surface area contributed by atoms with Crippen LogP contribution in [0, 0.1) is 0 Å². The van der Waals surface area contributed by atoms with Crippen LogP contribution < -0.4 is 16.4 Å². The Morgan fingerprint density at radius 3 is 2.95 bits per heavy atom. The maximum absolute atomic E-state index is 11.8. The van der Waals surface area contributed by atoms with Crippen LogP contribution in [0.3, 0.4) is 0 Å². The third-order valence-corrected chi connectivity index (χ3v) is 2.94. The normalized spacial score (nSPS) is 13.0. The van der Waals surface area contributed by atoms with Crippen LogP contribution in [-0.2, 0) is 16.1 Å². The van der Waals surface area contributed by atoms with E-state index in [9.17, 15) is 4.79 Å². The van der Waals surface area contributed by atoms with Crippen LogP contribution in [0.25, 0.3) is 0 Å². The number of amides is 1. The summed E-state index contributed by atoms with van der Waals surface area (Å²) in [6, 6.07) is 6.94. The highest BCUT2D eigenvalue weighted by molar-refractivity contribution is 5.97. The van der Waals surface area contributed by atoms with Crippen LogP contribution in [0.4, 0.5) is 0 Å². The molecule has 0 spiro atoms. The Morgan fingerprint density at radius 1 is 1.52 bits per heavy atom. The van der Waals surface area contributed by atoms with Crippen molar-refractivity contribution in [2.75, 3.05) is 20.3 Å². The van der Waals surface area contributed by atoms with Crippen LogP contribution in [0.2, 0.25) is 0 Å². The van der Waals surface area contributed by atoms with Gasteiger partial charge in [0.05, 0.1) is 12.6 Å². The van der Waals surface area contributed by atoms with Crippen molar-refractivity contribution in [2.45, 2.75) is 19.5 Å². The van der Waals surface area contributed by atoms with Gasteiger partial charge in [-0.3, -0.25) is 4.79 Å². The van der Waals surface area contributed by atoms with E-state index in [1.165, 1.54) is 0 Å². The molecule has 1 unspecified atom stereocenters. The fourth-order valence-corrected chi connectivity index (χ4v) is 1.69. The lowest BCUT2D eigenvalue weighted by Crippen LogP contribution is -2.42. The van der Waals surface area contributed by atoms with E-state index < -0.39 is 0 Å². The Kier molecular flexibility index (Phi) is 7.20. The Labute approximate surface area is 124 Å². The smallest absolute Gasteiger partial charge is 0.236 e. The number of methoxy groups -OCH3 is 1. The molecule has 116 valence electrons.